The van der Waals surface area contributed by atoms with E-state index in [0.717, 1.165) is 5.56 Å². The first kappa shape index (κ1) is 14.5. The molecule has 3 N–H and O–H groups in total. The van der Waals surface area contributed by atoms with Gasteiger partial charge in [-0.2, -0.15) is 0 Å². The van der Waals surface area contributed by atoms with Crippen LogP contribution in [-0.2, 0) is 21.3 Å². The minimum absolute atomic E-state index is 0.0380. The molecule has 0 spiro atoms. The van der Waals surface area contributed by atoms with E-state index in [-0.39, 0.29) is 17.5 Å². The average molecular weight is 272 g/mol. The molecular formula is C11H16N2O4S. The lowest BCUT2D eigenvalue weighted by molar-refractivity contribution is 0.115. The van der Waals surface area contributed by atoms with Gasteiger partial charge in [0, 0.05) is 6.54 Å². The molecule has 0 bridgehead atoms. The fourth-order valence-corrected chi connectivity index (χ4v) is 1.74. The van der Waals surface area contributed by atoms with Crippen molar-refractivity contribution in [3.05, 3.63) is 29.8 Å². The van der Waals surface area contributed by atoms with Crippen molar-refractivity contribution >= 4 is 16.1 Å². The number of hydrogen-bond donors (Lipinski definition) is 2. The third-order valence-electron chi connectivity index (χ3n) is 2.03. The molecule has 0 atom stereocenters. The minimum atomic E-state index is -3.68. The molecule has 0 radical (unpaired) electrons. The molecular weight excluding hydrogens is 256 g/mol. The van der Waals surface area contributed by atoms with Crippen LogP contribution in [0.5, 0.6) is 0 Å². The Hall–Kier alpha value is -1.60. The van der Waals surface area contributed by atoms with Crippen LogP contribution in [0.3, 0.4) is 0 Å². The third-order valence-corrected chi connectivity index (χ3v) is 2.96. The molecule has 0 aliphatic carbocycles. The van der Waals surface area contributed by atoms with Crippen LogP contribution in [0.1, 0.15) is 19.4 Å². The van der Waals surface area contributed by atoms with Crippen molar-refractivity contribution in [2.45, 2.75) is 31.4 Å². The topological polar surface area (TPSA) is 98.5 Å². The molecule has 6 nitrogen and oxygen atoms in total. The molecule has 18 heavy (non-hydrogen) atoms. The summed E-state index contributed by atoms with van der Waals surface area (Å²) in [6, 6.07) is 5.94. The van der Waals surface area contributed by atoms with Gasteiger partial charge in [-0.05, 0) is 31.5 Å². The lowest BCUT2D eigenvalue weighted by atomic mass is 10.2. The SMILES string of the molecule is CC(C)OC(=O)NCc1ccc(S(N)(=O)=O)cc1. The third kappa shape index (κ3) is 4.72. The summed E-state index contributed by atoms with van der Waals surface area (Å²) in [6.07, 6.45) is -0.699. The molecule has 1 rings (SSSR count). The summed E-state index contributed by atoms with van der Waals surface area (Å²) >= 11 is 0. The van der Waals surface area contributed by atoms with E-state index in [0.29, 0.717) is 0 Å². The highest BCUT2D eigenvalue weighted by Gasteiger charge is 2.08. The highest BCUT2D eigenvalue weighted by atomic mass is 32.2. The molecule has 0 fully saturated rings. The van der Waals surface area contributed by atoms with Crippen LogP contribution < -0.4 is 10.5 Å². The zero-order valence-electron chi connectivity index (χ0n) is 10.2. The van der Waals surface area contributed by atoms with Gasteiger partial charge in [0.05, 0.1) is 11.0 Å². The van der Waals surface area contributed by atoms with Crippen LogP contribution in [0, 0.1) is 0 Å². The number of benzene rings is 1. The van der Waals surface area contributed by atoms with Crippen LogP contribution in [-0.4, -0.2) is 20.6 Å². The van der Waals surface area contributed by atoms with E-state index in [9.17, 15) is 13.2 Å². The maximum atomic E-state index is 11.2. The van der Waals surface area contributed by atoms with Crippen LogP contribution in [0.4, 0.5) is 4.79 Å². The number of ether oxygens (including phenoxy) is 1. The monoisotopic (exact) mass is 272 g/mol. The number of amides is 1. The van der Waals surface area contributed by atoms with Crippen molar-refractivity contribution in [1.29, 1.82) is 0 Å². The van der Waals surface area contributed by atoms with Crippen LogP contribution >= 0.6 is 0 Å². The Morgan fingerprint density at radius 1 is 1.33 bits per heavy atom. The van der Waals surface area contributed by atoms with Crippen molar-refractivity contribution < 1.29 is 17.9 Å². The molecule has 0 aliphatic heterocycles. The van der Waals surface area contributed by atoms with Crippen LogP contribution in [0.15, 0.2) is 29.2 Å². The lowest BCUT2D eigenvalue weighted by Crippen LogP contribution is -2.26. The van der Waals surface area contributed by atoms with Gasteiger partial charge in [0.2, 0.25) is 10.0 Å². The Balaban J connectivity index is 2.57. The molecule has 0 saturated heterocycles. The predicted molar refractivity (Wildman–Crippen MR) is 66.3 cm³/mol. The quantitative estimate of drug-likeness (QED) is 0.853. The largest absolute Gasteiger partial charge is 0.447 e. The second kappa shape index (κ2) is 5.83. The maximum Gasteiger partial charge on any atom is 0.407 e. The van der Waals surface area contributed by atoms with Gasteiger partial charge < -0.3 is 10.1 Å². The van der Waals surface area contributed by atoms with Gasteiger partial charge in [0.25, 0.3) is 0 Å². The van der Waals surface area contributed by atoms with E-state index in [2.05, 4.69) is 5.32 Å². The summed E-state index contributed by atoms with van der Waals surface area (Å²) in [4.78, 5) is 11.2. The van der Waals surface area contributed by atoms with Gasteiger partial charge in [-0.15, -0.1) is 0 Å². The fourth-order valence-electron chi connectivity index (χ4n) is 1.23. The van der Waals surface area contributed by atoms with Gasteiger partial charge in [0.15, 0.2) is 0 Å². The smallest absolute Gasteiger partial charge is 0.407 e. The Bertz CT molecular complexity index is 508. The number of hydrogen-bond acceptors (Lipinski definition) is 4. The zero-order chi connectivity index (χ0) is 13.8. The van der Waals surface area contributed by atoms with Crippen LogP contribution in [0.2, 0.25) is 0 Å². The summed E-state index contributed by atoms with van der Waals surface area (Å²) in [5, 5.41) is 7.51. The van der Waals surface area contributed by atoms with Gasteiger partial charge in [-0.3, -0.25) is 0 Å². The molecule has 1 amide bonds. The first-order valence-corrected chi connectivity index (χ1v) is 6.90. The molecule has 0 aliphatic rings. The van der Waals surface area contributed by atoms with E-state index < -0.39 is 16.1 Å². The number of alkyl carbamates (subject to hydrolysis) is 1. The molecule has 100 valence electrons. The van der Waals surface area contributed by atoms with E-state index in [1.54, 1.807) is 26.0 Å². The van der Waals surface area contributed by atoms with Crippen molar-refractivity contribution in [3.8, 4) is 0 Å². The molecule has 0 unspecified atom stereocenters. The second-order valence-electron chi connectivity index (χ2n) is 4.00. The predicted octanol–water partition coefficient (Wildman–Crippen LogP) is 0.969. The first-order valence-electron chi connectivity index (χ1n) is 5.35. The first-order chi connectivity index (χ1) is 8.29. The normalized spacial score (nSPS) is 11.3. The maximum absolute atomic E-state index is 11.2. The van der Waals surface area contributed by atoms with Crippen molar-refractivity contribution in [1.82, 2.24) is 5.32 Å². The summed E-state index contributed by atoms with van der Waals surface area (Å²) in [6.45, 7) is 3.76. The standard InChI is InChI=1S/C11H16N2O4S/c1-8(2)17-11(14)13-7-9-3-5-10(6-4-9)18(12,15)16/h3-6,8H,7H2,1-2H3,(H,13,14)(H2,12,15,16). The summed E-state index contributed by atoms with van der Waals surface area (Å²) in [5.74, 6) is 0. The molecule has 7 heteroatoms. The Morgan fingerprint density at radius 3 is 2.33 bits per heavy atom. The Kier molecular flexibility index (Phi) is 4.69. The van der Waals surface area contributed by atoms with Crippen molar-refractivity contribution in [3.63, 3.8) is 0 Å². The molecule has 1 aromatic carbocycles. The van der Waals surface area contributed by atoms with E-state index in [1.807, 2.05) is 0 Å². The van der Waals surface area contributed by atoms with Gasteiger partial charge in [0.1, 0.15) is 0 Å². The minimum Gasteiger partial charge on any atom is -0.447 e. The van der Waals surface area contributed by atoms with Crippen LogP contribution in [0.25, 0.3) is 0 Å². The molecule has 1 aromatic rings. The summed E-state index contributed by atoms with van der Waals surface area (Å²) in [5.41, 5.74) is 0.753. The Morgan fingerprint density at radius 2 is 1.89 bits per heavy atom. The van der Waals surface area contributed by atoms with E-state index >= 15 is 0 Å². The number of primary sulfonamides is 1. The van der Waals surface area contributed by atoms with Crippen molar-refractivity contribution in [2.24, 2.45) is 5.14 Å². The molecule has 0 heterocycles. The van der Waals surface area contributed by atoms with E-state index in [4.69, 9.17) is 9.88 Å². The number of carbonyl (C=O) groups is 1. The number of rotatable bonds is 4. The highest BCUT2D eigenvalue weighted by molar-refractivity contribution is 7.89. The van der Waals surface area contributed by atoms with Gasteiger partial charge in [-0.25, -0.2) is 18.4 Å². The summed E-state index contributed by atoms with van der Waals surface area (Å²) < 4.78 is 26.9. The number of nitrogens with two attached hydrogens (primary N) is 1. The van der Waals surface area contributed by atoms with E-state index in [1.165, 1.54) is 12.1 Å². The number of carbonyl (C=O) groups excluding carboxylic acids is 1. The van der Waals surface area contributed by atoms with Gasteiger partial charge in [-0.1, -0.05) is 12.1 Å². The fraction of sp³-hybridized carbons (Fsp3) is 0.364. The molecule has 0 aromatic heterocycles. The Labute approximate surface area is 106 Å². The lowest BCUT2D eigenvalue weighted by Gasteiger charge is -2.09. The molecule has 0 saturated carbocycles. The average Bonchev–Trinajstić information content (AvgIpc) is 2.25. The zero-order valence-corrected chi connectivity index (χ0v) is 11.0. The van der Waals surface area contributed by atoms with Gasteiger partial charge >= 0.3 is 6.09 Å². The summed E-state index contributed by atoms with van der Waals surface area (Å²) in [7, 11) is -3.68. The highest BCUT2D eigenvalue weighted by Crippen LogP contribution is 2.08. The van der Waals surface area contributed by atoms with Crippen molar-refractivity contribution in [2.75, 3.05) is 0 Å². The number of nitrogens with one attached hydrogen (secondary N) is 1. The number of sulfonamides is 1. The second-order valence-corrected chi connectivity index (χ2v) is 5.56.